The molecule has 2 aliphatic rings. The van der Waals surface area contributed by atoms with Crippen LogP contribution in [0.5, 0.6) is 5.75 Å². The normalized spacial score (nSPS) is 27.7. The molecular weight excluding hydrogens is 425 g/mol. The van der Waals surface area contributed by atoms with Crippen molar-refractivity contribution in [2.24, 2.45) is 17.8 Å². The zero-order valence-corrected chi connectivity index (χ0v) is 17.7. The molecule has 0 spiro atoms. The van der Waals surface area contributed by atoms with E-state index in [9.17, 15) is 28.2 Å². The van der Waals surface area contributed by atoms with Crippen LogP contribution in [-0.4, -0.2) is 40.1 Å². The van der Waals surface area contributed by atoms with Crippen LogP contribution in [0.25, 0.3) is 0 Å². The predicted molar refractivity (Wildman–Crippen MR) is 112 cm³/mol. The smallest absolute Gasteiger partial charge is 0.416 e. The maximum absolute atomic E-state index is 12.8. The Balaban J connectivity index is 1.51. The van der Waals surface area contributed by atoms with Crippen LogP contribution in [0.15, 0.2) is 48.1 Å². The number of rotatable bonds is 9. The lowest BCUT2D eigenvalue weighted by Gasteiger charge is -2.18. The first-order valence-corrected chi connectivity index (χ1v) is 10.9. The minimum atomic E-state index is -4.46. The van der Waals surface area contributed by atoms with Gasteiger partial charge in [0.1, 0.15) is 18.5 Å². The molecule has 1 aromatic rings. The van der Waals surface area contributed by atoms with E-state index in [0.717, 1.165) is 31.4 Å². The van der Waals surface area contributed by atoms with E-state index in [1.807, 2.05) is 0 Å². The Labute approximate surface area is 185 Å². The van der Waals surface area contributed by atoms with E-state index in [0.29, 0.717) is 18.8 Å². The average Bonchev–Trinajstić information content (AvgIpc) is 3.24. The fourth-order valence-corrected chi connectivity index (χ4v) is 4.76. The van der Waals surface area contributed by atoms with Crippen molar-refractivity contribution in [2.45, 2.75) is 56.9 Å². The van der Waals surface area contributed by atoms with E-state index in [1.165, 1.54) is 17.7 Å². The molecule has 0 bridgehead atoms. The molecule has 0 saturated heterocycles. The van der Waals surface area contributed by atoms with Gasteiger partial charge in [-0.05, 0) is 62.1 Å². The quantitative estimate of drug-likeness (QED) is 0.375. The van der Waals surface area contributed by atoms with E-state index in [-0.39, 0.29) is 30.6 Å². The van der Waals surface area contributed by atoms with Crippen LogP contribution < -0.4 is 4.74 Å². The molecule has 8 heteroatoms. The SMILES string of the molecule is O=C(O)CCC/C=C1\C[C@@H]2C[C@@H](O)[C@H](/C=C/[C@H](O)COc3cccc(C(F)(F)F)c3)[C@H]2C1. The number of allylic oxidation sites excluding steroid dienone is 2. The number of aliphatic carboxylic acids is 1. The van der Waals surface area contributed by atoms with Crippen molar-refractivity contribution in [1.29, 1.82) is 0 Å². The highest BCUT2D eigenvalue weighted by Gasteiger charge is 2.44. The summed E-state index contributed by atoms with van der Waals surface area (Å²) in [5.74, 6) is -0.238. The monoisotopic (exact) mass is 454 g/mol. The molecule has 2 saturated carbocycles. The molecule has 0 unspecified atom stereocenters. The second-order valence-electron chi connectivity index (χ2n) is 8.65. The van der Waals surface area contributed by atoms with E-state index >= 15 is 0 Å². The number of hydrogen-bond acceptors (Lipinski definition) is 4. The lowest BCUT2D eigenvalue weighted by Crippen LogP contribution is -2.19. The molecule has 5 atom stereocenters. The molecule has 3 N–H and O–H groups in total. The first-order chi connectivity index (χ1) is 15.1. The van der Waals surface area contributed by atoms with Gasteiger partial charge in [0, 0.05) is 12.3 Å². The van der Waals surface area contributed by atoms with Crippen molar-refractivity contribution in [3.8, 4) is 5.75 Å². The molecule has 3 rings (SSSR count). The van der Waals surface area contributed by atoms with Crippen molar-refractivity contribution < 1.29 is 38.0 Å². The predicted octanol–water partition coefficient (Wildman–Crippen LogP) is 4.59. The summed E-state index contributed by atoms with van der Waals surface area (Å²) in [5, 5.41) is 29.3. The third kappa shape index (κ3) is 6.59. The summed E-state index contributed by atoms with van der Waals surface area (Å²) in [6.45, 7) is -0.191. The van der Waals surface area contributed by atoms with E-state index in [2.05, 4.69) is 6.08 Å². The number of aliphatic hydroxyl groups excluding tert-OH is 2. The van der Waals surface area contributed by atoms with Crippen LogP contribution in [-0.2, 0) is 11.0 Å². The third-order valence-corrected chi connectivity index (χ3v) is 6.28. The topological polar surface area (TPSA) is 87.0 Å². The van der Waals surface area contributed by atoms with E-state index in [1.54, 1.807) is 12.2 Å². The Morgan fingerprint density at radius 3 is 2.78 bits per heavy atom. The summed E-state index contributed by atoms with van der Waals surface area (Å²) in [6.07, 6.45) is 3.42. The van der Waals surface area contributed by atoms with Crippen LogP contribution in [0.1, 0.15) is 44.1 Å². The number of ether oxygens (including phenoxy) is 1. The van der Waals surface area contributed by atoms with Crippen LogP contribution in [0.2, 0.25) is 0 Å². The Bertz CT molecular complexity index is 848. The van der Waals surface area contributed by atoms with Gasteiger partial charge in [0.2, 0.25) is 0 Å². The summed E-state index contributed by atoms with van der Waals surface area (Å²) < 4.78 is 43.7. The number of benzene rings is 1. The summed E-state index contributed by atoms with van der Waals surface area (Å²) in [7, 11) is 0. The average molecular weight is 454 g/mol. The van der Waals surface area contributed by atoms with Crippen molar-refractivity contribution in [1.82, 2.24) is 0 Å². The Kier molecular flexibility index (Phi) is 8.00. The molecule has 0 radical (unpaired) electrons. The number of aliphatic hydroxyl groups is 2. The van der Waals surface area contributed by atoms with Crippen LogP contribution in [0, 0.1) is 17.8 Å². The fourth-order valence-electron chi connectivity index (χ4n) is 4.76. The molecule has 2 aliphatic carbocycles. The van der Waals surface area contributed by atoms with Gasteiger partial charge in [-0.2, -0.15) is 13.2 Å². The van der Waals surface area contributed by atoms with Crippen molar-refractivity contribution in [2.75, 3.05) is 6.61 Å². The number of hydrogen-bond donors (Lipinski definition) is 3. The lowest BCUT2D eigenvalue weighted by atomic mass is 9.90. The maximum atomic E-state index is 12.8. The number of alkyl halides is 3. The van der Waals surface area contributed by atoms with Gasteiger partial charge in [-0.25, -0.2) is 0 Å². The lowest BCUT2D eigenvalue weighted by molar-refractivity contribution is -0.138. The second kappa shape index (κ2) is 10.5. The number of fused-ring (bicyclic) bond motifs is 1. The number of unbranched alkanes of at least 4 members (excludes halogenated alkanes) is 1. The highest BCUT2D eigenvalue weighted by molar-refractivity contribution is 5.66. The Hall–Kier alpha value is -2.32. The molecule has 0 heterocycles. The number of carboxylic acid groups (broad SMARTS) is 1. The van der Waals surface area contributed by atoms with Crippen LogP contribution in [0.4, 0.5) is 13.2 Å². The second-order valence-corrected chi connectivity index (χ2v) is 8.65. The van der Waals surface area contributed by atoms with Gasteiger partial charge in [0.15, 0.2) is 0 Å². The van der Waals surface area contributed by atoms with Crippen LogP contribution >= 0.6 is 0 Å². The Morgan fingerprint density at radius 2 is 2.06 bits per heavy atom. The van der Waals surface area contributed by atoms with Gasteiger partial charge in [-0.1, -0.05) is 29.9 Å². The first-order valence-electron chi connectivity index (χ1n) is 10.9. The summed E-state index contributed by atoms with van der Waals surface area (Å²) in [4.78, 5) is 10.6. The van der Waals surface area contributed by atoms with Crippen LogP contribution in [0.3, 0.4) is 0 Å². The fraction of sp³-hybridized carbons (Fsp3) is 0.542. The zero-order chi connectivity index (χ0) is 23.3. The minimum absolute atomic E-state index is 0.0294. The first kappa shape index (κ1) is 24.3. The summed E-state index contributed by atoms with van der Waals surface area (Å²) in [5.41, 5.74) is 0.484. The number of halogens is 3. The molecule has 5 nitrogen and oxygen atoms in total. The van der Waals surface area contributed by atoms with E-state index in [4.69, 9.17) is 9.84 Å². The molecular formula is C24H29F3O5. The summed E-state index contributed by atoms with van der Waals surface area (Å²) >= 11 is 0. The van der Waals surface area contributed by atoms with Gasteiger partial charge in [-0.15, -0.1) is 0 Å². The molecule has 1 aromatic carbocycles. The minimum Gasteiger partial charge on any atom is -0.491 e. The molecule has 0 aliphatic heterocycles. The zero-order valence-electron chi connectivity index (χ0n) is 17.7. The highest BCUT2D eigenvalue weighted by Crippen LogP contribution is 2.50. The van der Waals surface area contributed by atoms with Crippen molar-refractivity contribution >= 4 is 5.97 Å². The van der Waals surface area contributed by atoms with Gasteiger partial charge in [0.25, 0.3) is 0 Å². The van der Waals surface area contributed by atoms with Crippen molar-refractivity contribution in [3.63, 3.8) is 0 Å². The highest BCUT2D eigenvalue weighted by atomic mass is 19.4. The molecule has 176 valence electrons. The number of carbonyl (C=O) groups is 1. The van der Waals surface area contributed by atoms with Gasteiger partial charge in [-0.3, -0.25) is 4.79 Å². The number of carboxylic acids is 1. The molecule has 32 heavy (non-hydrogen) atoms. The van der Waals surface area contributed by atoms with E-state index < -0.39 is 29.9 Å². The molecule has 0 amide bonds. The molecule has 2 fully saturated rings. The molecule has 0 aromatic heterocycles. The maximum Gasteiger partial charge on any atom is 0.416 e. The Morgan fingerprint density at radius 1 is 1.28 bits per heavy atom. The summed E-state index contributed by atoms with van der Waals surface area (Å²) in [6, 6.07) is 4.50. The standard InChI is InChI=1S/C24H29F3O5/c25-24(26,27)17-5-3-6-19(13-17)32-14-18(28)8-9-20-21-11-15(4-1-2-7-23(30)31)10-16(21)12-22(20)29/h3-6,8-9,13,16,18,20-22,28-29H,1-2,7,10-12,14H2,(H,30,31)/b9-8+,15-4+/t16-,18+,20-,21+,22-/m1/s1. The third-order valence-electron chi connectivity index (χ3n) is 6.28. The van der Waals surface area contributed by atoms with Crippen molar-refractivity contribution in [3.05, 3.63) is 53.6 Å². The van der Waals surface area contributed by atoms with Gasteiger partial charge in [0.05, 0.1) is 11.7 Å². The largest absolute Gasteiger partial charge is 0.491 e. The van der Waals surface area contributed by atoms with Gasteiger partial charge < -0.3 is 20.1 Å². The van der Waals surface area contributed by atoms with Gasteiger partial charge >= 0.3 is 12.1 Å².